The molecule has 3 aromatic carbocycles. The Hall–Kier alpha value is -3.92. The quantitative estimate of drug-likeness (QED) is 0.347. The summed E-state index contributed by atoms with van der Waals surface area (Å²) in [5.41, 5.74) is 1.19. The van der Waals surface area contributed by atoms with Crippen LogP contribution in [0, 0.1) is 5.82 Å². The number of sulfonamides is 1. The molecule has 0 aliphatic carbocycles. The Morgan fingerprint density at radius 3 is 2.23 bits per heavy atom. The fourth-order valence-corrected chi connectivity index (χ4v) is 5.04. The van der Waals surface area contributed by atoms with Gasteiger partial charge in [-0.05, 0) is 37.6 Å². The van der Waals surface area contributed by atoms with E-state index in [1.54, 1.807) is 44.2 Å². The van der Waals surface area contributed by atoms with Crippen LogP contribution in [-0.4, -0.2) is 57.1 Å². The SMILES string of the molecule is CCNC(=O)C(Cc1ccccc1)N(Cc1ccccc1F)C(=O)CN(c1ccccc1OCC)S(C)(=O)=O. The van der Waals surface area contributed by atoms with Gasteiger partial charge in [-0.25, -0.2) is 12.8 Å². The van der Waals surface area contributed by atoms with Gasteiger partial charge in [-0.15, -0.1) is 0 Å². The van der Waals surface area contributed by atoms with Crippen molar-refractivity contribution in [1.82, 2.24) is 10.2 Å². The van der Waals surface area contributed by atoms with Crippen LogP contribution < -0.4 is 14.4 Å². The molecule has 0 saturated heterocycles. The Morgan fingerprint density at radius 2 is 1.59 bits per heavy atom. The van der Waals surface area contributed by atoms with Crippen molar-refractivity contribution < 1.29 is 27.1 Å². The van der Waals surface area contributed by atoms with Gasteiger partial charge in [0.05, 0.1) is 18.6 Å². The minimum atomic E-state index is -3.95. The van der Waals surface area contributed by atoms with Crippen molar-refractivity contribution >= 4 is 27.5 Å². The lowest BCUT2D eigenvalue weighted by atomic mass is 10.0. The number of amides is 2. The average molecular weight is 556 g/mol. The van der Waals surface area contributed by atoms with Gasteiger partial charge in [-0.1, -0.05) is 60.7 Å². The Morgan fingerprint density at radius 1 is 0.949 bits per heavy atom. The number of rotatable bonds is 13. The number of benzene rings is 3. The lowest BCUT2D eigenvalue weighted by Gasteiger charge is -2.33. The van der Waals surface area contributed by atoms with Crippen molar-refractivity contribution in [3.8, 4) is 5.75 Å². The highest BCUT2D eigenvalue weighted by molar-refractivity contribution is 7.92. The number of likely N-dealkylation sites (N-methyl/N-ethyl adjacent to an activating group) is 1. The minimum Gasteiger partial charge on any atom is -0.492 e. The molecule has 10 heteroatoms. The average Bonchev–Trinajstić information content (AvgIpc) is 2.91. The lowest BCUT2D eigenvalue weighted by molar-refractivity contribution is -0.140. The molecule has 0 fully saturated rings. The largest absolute Gasteiger partial charge is 0.492 e. The van der Waals surface area contributed by atoms with Gasteiger partial charge in [-0.3, -0.25) is 13.9 Å². The van der Waals surface area contributed by atoms with E-state index in [2.05, 4.69) is 5.32 Å². The van der Waals surface area contributed by atoms with E-state index in [4.69, 9.17) is 4.74 Å². The van der Waals surface area contributed by atoms with E-state index in [1.165, 1.54) is 23.1 Å². The molecule has 0 radical (unpaired) electrons. The van der Waals surface area contributed by atoms with Gasteiger partial charge in [0, 0.05) is 25.1 Å². The smallest absolute Gasteiger partial charge is 0.244 e. The van der Waals surface area contributed by atoms with Crippen molar-refractivity contribution in [1.29, 1.82) is 0 Å². The summed E-state index contributed by atoms with van der Waals surface area (Å²) in [5, 5.41) is 2.76. The van der Waals surface area contributed by atoms with Crippen molar-refractivity contribution in [2.75, 3.05) is 30.3 Å². The third kappa shape index (κ3) is 8.03. The number of nitrogens with one attached hydrogen (secondary N) is 1. The van der Waals surface area contributed by atoms with Gasteiger partial charge >= 0.3 is 0 Å². The van der Waals surface area contributed by atoms with Gasteiger partial charge < -0.3 is 15.0 Å². The van der Waals surface area contributed by atoms with E-state index in [1.807, 2.05) is 30.3 Å². The Bertz CT molecular complexity index is 1370. The molecule has 1 N–H and O–H groups in total. The molecule has 3 rings (SSSR count). The Kier molecular flexibility index (Phi) is 10.4. The maximum Gasteiger partial charge on any atom is 0.244 e. The molecule has 208 valence electrons. The van der Waals surface area contributed by atoms with Crippen LogP contribution in [0.2, 0.25) is 0 Å². The summed E-state index contributed by atoms with van der Waals surface area (Å²) in [5.74, 6) is -1.33. The Labute approximate surface area is 229 Å². The number of halogens is 1. The summed E-state index contributed by atoms with van der Waals surface area (Å²) in [6.07, 6.45) is 1.15. The van der Waals surface area contributed by atoms with Crippen molar-refractivity contribution in [2.24, 2.45) is 0 Å². The number of hydrogen-bond acceptors (Lipinski definition) is 5. The Balaban J connectivity index is 2.07. The van der Waals surface area contributed by atoms with Crippen LogP contribution in [0.5, 0.6) is 5.75 Å². The number of carbonyl (C=O) groups excluding carboxylic acids is 2. The van der Waals surface area contributed by atoms with Gasteiger partial charge in [-0.2, -0.15) is 0 Å². The molecule has 0 spiro atoms. The molecular weight excluding hydrogens is 521 g/mol. The molecule has 39 heavy (non-hydrogen) atoms. The minimum absolute atomic E-state index is 0.154. The first kappa shape index (κ1) is 29.6. The summed E-state index contributed by atoms with van der Waals surface area (Å²) in [6, 6.07) is 20.6. The monoisotopic (exact) mass is 555 g/mol. The second-order valence-corrected chi connectivity index (χ2v) is 10.8. The molecule has 2 amide bonds. The molecule has 3 aromatic rings. The molecule has 0 aromatic heterocycles. The van der Waals surface area contributed by atoms with Gasteiger partial charge in [0.15, 0.2) is 0 Å². The molecule has 1 atom stereocenters. The zero-order valence-corrected chi connectivity index (χ0v) is 23.2. The second-order valence-electron chi connectivity index (χ2n) is 8.88. The van der Waals surface area contributed by atoms with Gasteiger partial charge in [0.25, 0.3) is 0 Å². The van der Waals surface area contributed by atoms with Crippen LogP contribution in [0.25, 0.3) is 0 Å². The summed E-state index contributed by atoms with van der Waals surface area (Å²) in [6.45, 7) is 3.30. The molecule has 0 saturated carbocycles. The molecule has 0 aliphatic heterocycles. The third-order valence-electron chi connectivity index (χ3n) is 6.03. The first-order valence-corrected chi connectivity index (χ1v) is 14.5. The van der Waals surface area contributed by atoms with Crippen LogP contribution in [0.1, 0.15) is 25.0 Å². The first-order chi connectivity index (χ1) is 18.7. The molecule has 0 bridgehead atoms. The summed E-state index contributed by atoms with van der Waals surface area (Å²) in [4.78, 5) is 28.5. The highest BCUT2D eigenvalue weighted by atomic mass is 32.2. The lowest BCUT2D eigenvalue weighted by Crippen LogP contribution is -2.53. The number of ether oxygens (including phenoxy) is 1. The van der Waals surface area contributed by atoms with Crippen LogP contribution in [0.15, 0.2) is 78.9 Å². The number of hydrogen-bond donors (Lipinski definition) is 1. The highest BCUT2D eigenvalue weighted by Gasteiger charge is 2.33. The normalized spacial score (nSPS) is 11.9. The van der Waals surface area contributed by atoms with E-state index in [0.29, 0.717) is 12.3 Å². The van der Waals surface area contributed by atoms with E-state index in [9.17, 15) is 22.4 Å². The number of nitrogens with zero attached hydrogens (tertiary/aromatic N) is 2. The van der Waals surface area contributed by atoms with E-state index < -0.39 is 40.2 Å². The van der Waals surface area contributed by atoms with Gasteiger partial charge in [0.1, 0.15) is 24.2 Å². The number of anilines is 1. The van der Waals surface area contributed by atoms with Crippen LogP contribution in [-0.2, 0) is 32.6 Å². The number of carbonyl (C=O) groups is 2. The maximum absolute atomic E-state index is 14.7. The topological polar surface area (TPSA) is 96.0 Å². The van der Waals surface area contributed by atoms with Crippen LogP contribution >= 0.6 is 0 Å². The first-order valence-electron chi connectivity index (χ1n) is 12.7. The maximum atomic E-state index is 14.7. The van der Waals surface area contributed by atoms with Crippen molar-refractivity contribution in [2.45, 2.75) is 32.9 Å². The van der Waals surface area contributed by atoms with Crippen LogP contribution in [0.3, 0.4) is 0 Å². The van der Waals surface area contributed by atoms with E-state index in [0.717, 1.165) is 16.1 Å². The predicted molar refractivity (Wildman–Crippen MR) is 149 cm³/mol. The van der Waals surface area contributed by atoms with Crippen LogP contribution in [0.4, 0.5) is 10.1 Å². The zero-order valence-electron chi connectivity index (χ0n) is 22.3. The van der Waals surface area contributed by atoms with Crippen molar-refractivity contribution in [3.05, 3.63) is 95.8 Å². The van der Waals surface area contributed by atoms with Crippen molar-refractivity contribution in [3.63, 3.8) is 0 Å². The predicted octanol–water partition coefficient (Wildman–Crippen LogP) is 3.77. The summed E-state index contributed by atoms with van der Waals surface area (Å²) in [7, 11) is -3.95. The molecule has 0 heterocycles. The highest BCUT2D eigenvalue weighted by Crippen LogP contribution is 2.30. The fourth-order valence-electron chi connectivity index (χ4n) is 4.19. The van der Waals surface area contributed by atoms with E-state index >= 15 is 0 Å². The standard InChI is InChI=1S/C29H34FN3O5S/c1-4-31-29(35)26(19-22-13-7-6-8-14-22)32(20-23-15-9-10-16-24(23)30)28(34)21-33(39(3,36)37)25-17-11-12-18-27(25)38-5-2/h6-18,26H,4-5,19-21H2,1-3H3,(H,31,35). The fraction of sp³-hybridized carbons (Fsp3) is 0.310. The summed E-state index contributed by atoms with van der Waals surface area (Å²) >= 11 is 0. The van der Waals surface area contributed by atoms with E-state index in [-0.39, 0.29) is 30.8 Å². The molecular formula is C29H34FN3O5S. The second kappa shape index (κ2) is 13.7. The molecule has 0 aliphatic rings. The zero-order chi connectivity index (χ0) is 28.4. The number of para-hydroxylation sites is 2. The molecule has 1 unspecified atom stereocenters. The summed E-state index contributed by atoms with van der Waals surface area (Å²) < 4.78 is 47.1. The molecule has 8 nitrogen and oxygen atoms in total. The van der Waals surface area contributed by atoms with Gasteiger partial charge in [0.2, 0.25) is 21.8 Å². The third-order valence-corrected chi connectivity index (χ3v) is 7.16.